The molecule has 178 valence electrons. The number of ketones is 1. The van der Waals surface area contributed by atoms with E-state index in [1.54, 1.807) is 24.1 Å². The molecule has 0 radical (unpaired) electrons. The van der Waals surface area contributed by atoms with Crippen molar-refractivity contribution in [3.05, 3.63) is 59.4 Å². The minimum atomic E-state index is -1.07. The smallest absolute Gasteiger partial charge is 0.404 e. The third-order valence-corrected chi connectivity index (χ3v) is 6.45. The van der Waals surface area contributed by atoms with Gasteiger partial charge in [-0.2, -0.15) is 0 Å². The molecule has 1 aliphatic rings. The minimum absolute atomic E-state index is 0.0226. The first-order valence-electron chi connectivity index (χ1n) is 11.6. The van der Waals surface area contributed by atoms with E-state index in [9.17, 15) is 14.4 Å². The molecule has 0 atom stereocenters. The number of rotatable bonds is 9. The highest BCUT2D eigenvalue weighted by molar-refractivity contribution is 6.05. The topological polar surface area (TPSA) is 94.4 Å². The number of benzene rings is 1. The SMILES string of the molecule is CCN(CC)c1ccc(-c2c3c(n4ccc(C(C)=O)cc24)C(=O)N(CCCNC(=O)O)C3)cc1. The zero-order chi connectivity index (χ0) is 24.4. The van der Waals surface area contributed by atoms with Crippen molar-refractivity contribution < 1.29 is 19.5 Å². The lowest BCUT2D eigenvalue weighted by atomic mass is 10.0. The van der Waals surface area contributed by atoms with Crippen LogP contribution in [0.4, 0.5) is 10.5 Å². The van der Waals surface area contributed by atoms with Crippen LogP contribution in [0.3, 0.4) is 0 Å². The molecule has 8 nitrogen and oxygen atoms in total. The molecule has 0 saturated heterocycles. The maximum atomic E-state index is 13.3. The van der Waals surface area contributed by atoms with E-state index in [1.165, 1.54) is 0 Å². The summed E-state index contributed by atoms with van der Waals surface area (Å²) >= 11 is 0. The van der Waals surface area contributed by atoms with Gasteiger partial charge in [0.25, 0.3) is 5.91 Å². The number of fused-ring (bicyclic) bond motifs is 3. The van der Waals surface area contributed by atoms with E-state index < -0.39 is 6.09 Å². The molecule has 0 aliphatic carbocycles. The van der Waals surface area contributed by atoms with Gasteiger partial charge in [0.05, 0.1) is 5.52 Å². The molecule has 8 heteroatoms. The molecule has 0 saturated carbocycles. The molecule has 0 fully saturated rings. The molecule has 2 amide bonds. The number of nitrogens with zero attached hydrogens (tertiary/aromatic N) is 3. The van der Waals surface area contributed by atoms with Gasteiger partial charge >= 0.3 is 6.09 Å². The third-order valence-electron chi connectivity index (χ3n) is 6.45. The second-order valence-corrected chi connectivity index (χ2v) is 8.46. The Morgan fingerprint density at radius 2 is 1.82 bits per heavy atom. The maximum absolute atomic E-state index is 13.3. The maximum Gasteiger partial charge on any atom is 0.404 e. The van der Waals surface area contributed by atoms with Crippen LogP contribution in [0.25, 0.3) is 16.6 Å². The van der Waals surface area contributed by atoms with Gasteiger partial charge in [-0.1, -0.05) is 12.1 Å². The van der Waals surface area contributed by atoms with Crippen molar-refractivity contribution in [2.75, 3.05) is 31.1 Å². The fraction of sp³-hybridized carbons (Fsp3) is 0.346. The van der Waals surface area contributed by atoms with Gasteiger partial charge in [0.2, 0.25) is 0 Å². The van der Waals surface area contributed by atoms with Gasteiger partial charge in [0.15, 0.2) is 5.78 Å². The van der Waals surface area contributed by atoms with Crippen LogP contribution < -0.4 is 10.2 Å². The van der Waals surface area contributed by atoms with Crippen LogP contribution in [-0.2, 0) is 6.54 Å². The van der Waals surface area contributed by atoms with Crippen LogP contribution in [0.15, 0.2) is 42.6 Å². The van der Waals surface area contributed by atoms with Crippen molar-refractivity contribution in [1.82, 2.24) is 14.6 Å². The Balaban J connectivity index is 1.75. The van der Waals surface area contributed by atoms with Gasteiger partial charge in [0, 0.05) is 61.3 Å². The third kappa shape index (κ3) is 4.23. The Kier molecular flexibility index (Phi) is 6.58. The fourth-order valence-electron chi connectivity index (χ4n) is 4.72. The molecule has 2 aromatic heterocycles. The van der Waals surface area contributed by atoms with E-state index in [4.69, 9.17) is 5.11 Å². The van der Waals surface area contributed by atoms with Crippen molar-refractivity contribution >= 4 is 29.0 Å². The van der Waals surface area contributed by atoms with Crippen LogP contribution in [-0.4, -0.2) is 58.4 Å². The summed E-state index contributed by atoms with van der Waals surface area (Å²) in [5.41, 5.74) is 6.09. The van der Waals surface area contributed by atoms with Crippen LogP contribution in [0.2, 0.25) is 0 Å². The Labute approximate surface area is 198 Å². The van der Waals surface area contributed by atoms with Gasteiger partial charge in [-0.25, -0.2) is 4.79 Å². The fourth-order valence-corrected chi connectivity index (χ4v) is 4.72. The normalized spacial score (nSPS) is 12.8. The number of hydrogen-bond donors (Lipinski definition) is 2. The summed E-state index contributed by atoms with van der Waals surface area (Å²) < 4.78 is 1.88. The zero-order valence-electron chi connectivity index (χ0n) is 19.8. The van der Waals surface area contributed by atoms with E-state index in [2.05, 4.69) is 48.3 Å². The summed E-state index contributed by atoms with van der Waals surface area (Å²) in [6.07, 6.45) is 1.27. The number of carbonyl (C=O) groups is 3. The standard InChI is InChI=1S/C26H30N4O4/c1-4-28(5-2)20-9-7-18(8-10-20)23-21-16-29(13-6-12-27-26(33)34)25(32)24(21)30-14-11-19(17(3)31)15-22(23)30/h7-11,14-15,27H,4-6,12-13,16H2,1-3H3,(H,33,34). The number of Topliss-reactive ketones (excluding diaryl/α,β-unsaturated/α-hetero) is 1. The molecule has 1 aliphatic heterocycles. The summed E-state index contributed by atoms with van der Waals surface area (Å²) in [5, 5.41) is 11.1. The minimum Gasteiger partial charge on any atom is -0.465 e. The first kappa shape index (κ1) is 23.4. The molecule has 3 aromatic rings. The van der Waals surface area contributed by atoms with Gasteiger partial charge in [-0.05, 0) is 57.0 Å². The Morgan fingerprint density at radius 1 is 1.12 bits per heavy atom. The summed E-state index contributed by atoms with van der Waals surface area (Å²) in [6, 6.07) is 12.0. The highest BCUT2D eigenvalue weighted by Crippen LogP contribution is 2.39. The number of pyridine rings is 1. The number of anilines is 1. The molecule has 34 heavy (non-hydrogen) atoms. The Morgan fingerprint density at radius 3 is 2.44 bits per heavy atom. The van der Waals surface area contributed by atoms with Crippen LogP contribution in [0.1, 0.15) is 53.6 Å². The first-order chi connectivity index (χ1) is 16.3. The van der Waals surface area contributed by atoms with Crippen LogP contribution in [0, 0.1) is 0 Å². The predicted octanol–water partition coefficient (Wildman–Crippen LogP) is 4.27. The largest absolute Gasteiger partial charge is 0.465 e. The molecule has 3 heterocycles. The van der Waals surface area contributed by atoms with E-state index in [1.807, 2.05) is 10.5 Å². The quantitative estimate of drug-likeness (QED) is 0.366. The summed E-state index contributed by atoms with van der Waals surface area (Å²) in [4.78, 5) is 40.1. The van der Waals surface area contributed by atoms with Gasteiger partial charge in [-0.3, -0.25) is 9.59 Å². The number of nitrogens with one attached hydrogen (secondary N) is 1. The van der Waals surface area contributed by atoms with E-state index in [0.29, 0.717) is 37.3 Å². The Hall–Kier alpha value is -3.81. The predicted molar refractivity (Wildman–Crippen MR) is 132 cm³/mol. The van der Waals surface area contributed by atoms with E-state index >= 15 is 0 Å². The molecule has 2 N–H and O–H groups in total. The Bertz CT molecular complexity index is 1240. The zero-order valence-corrected chi connectivity index (χ0v) is 19.8. The molecular formula is C26H30N4O4. The number of carboxylic acid groups (broad SMARTS) is 1. The molecule has 1 aromatic carbocycles. The molecule has 4 rings (SSSR count). The lowest BCUT2D eigenvalue weighted by Crippen LogP contribution is -2.30. The molecular weight excluding hydrogens is 432 g/mol. The number of hydrogen-bond acceptors (Lipinski definition) is 4. The summed E-state index contributed by atoms with van der Waals surface area (Å²) in [7, 11) is 0. The summed E-state index contributed by atoms with van der Waals surface area (Å²) in [6.45, 7) is 8.83. The number of aromatic nitrogens is 1. The van der Waals surface area contributed by atoms with Crippen molar-refractivity contribution in [3.8, 4) is 11.1 Å². The van der Waals surface area contributed by atoms with Gasteiger partial charge in [-0.15, -0.1) is 0 Å². The number of carbonyl (C=O) groups excluding carboxylic acids is 2. The lowest BCUT2D eigenvalue weighted by molar-refractivity contribution is 0.0771. The van der Waals surface area contributed by atoms with E-state index in [-0.39, 0.29) is 11.7 Å². The van der Waals surface area contributed by atoms with Crippen LogP contribution >= 0.6 is 0 Å². The average Bonchev–Trinajstić information content (AvgIpc) is 3.31. The van der Waals surface area contributed by atoms with Crippen LogP contribution in [0.5, 0.6) is 0 Å². The van der Waals surface area contributed by atoms with Crippen molar-refractivity contribution in [2.45, 2.75) is 33.7 Å². The highest BCUT2D eigenvalue weighted by Gasteiger charge is 2.34. The monoisotopic (exact) mass is 462 g/mol. The van der Waals surface area contributed by atoms with Crippen molar-refractivity contribution in [3.63, 3.8) is 0 Å². The second-order valence-electron chi connectivity index (χ2n) is 8.46. The number of amides is 2. The average molecular weight is 463 g/mol. The lowest BCUT2D eigenvalue weighted by Gasteiger charge is -2.21. The highest BCUT2D eigenvalue weighted by atomic mass is 16.4. The first-order valence-corrected chi connectivity index (χ1v) is 11.6. The van der Waals surface area contributed by atoms with Crippen molar-refractivity contribution in [1.29, 1.82) is 0 Å². The van der Waals surface area contributed by atoms with Crippen molar-refractivity contribution in [2.24, 2.45) is 0 Å². The second kappa shape index (κ2) is 9.59. The van der Waals surface area contributed by atoms with E-state index in [0.717, 1.165) is 41.0 Å². The van der Waals surface area contributed by atoms with Gasteiger partial charge < -0.3 is 24.6 Å². The molecule has 0 spiro atoms. The molecule has 0 unspecified atom stereocenters. The van der Waals surface area contributed by atoms with Gasteiger partial charge in [0.1, 0.15) is 5.69 Å². The molecule has 0 bridgehead atoms. The summed E-state index contributed by atoms with van der Waals surface area (Å²) in [5.74, 6) is -0.104.